The molecule has 0 radical (unpaired) electrons. The van der Waals surface area contributed by atoms with Crippen molar-refractivity contribution in [2.45, 2.75) is 12.1 Å². The van der Waals surface area contributed by atoms with Crippen molar-refractivity contribution in [2.75, 3.05) is 5.32 Å². The van der Waals surface area contributed by atoms with Crippen molar-refractivity contribution in [3.8, 4) is 0 Å². The maximum absolute atomic E-state index is 10.7. The highest BCUT2D eigenvalue weighted by molar-refractivity contribution is 7.80. The van der Waals surface area contributed by atoms with Crippen molar-refractivity contribution in [1.82, 2.24) is 9.97 Å². The Labute approximate surface area is 84.9 Å². The lowest BCUT2D eigenvalue weighted by Crippen LogP contribution is -2.06. The summed E-state index contributed by atoms with van der Waals surface area (Å²) in [6.45, 7) is 1.42. The molecule has 1 amide bonds. The minimum absolute atomic E-state index is 0.175. The third-order valence-corrected chi connectivity index (χ3v) is 1.74. The molecule has 0 aliphatic heterocycles. The molecule has 5 nitrogen and oxygen atoms in total. The Balaban J connectivity index is 2.45. The van der Waals surface area contributed by atoms with Crippen molar-refractivity contribution in [1.29, 1.82) is 0 Å². The first kappa shape index (κ1) is 9.01. The average Bonchev–Trinajstić information content (AvgIpc) is 2.42. The van der Waals surface area contributed by atoms with Crippen LogP contribution in [0, 0.1) is 0 Å². The lowest BCUT2D eigenvalue weighted by Gasteiger charge is -1.98. The van der Waals surface area contributed by atoms with Crippen LogP contribution in [0.5, 0.6) is 0 Å². The standard InChI is InChI=1S/C8H7N3O2S/c1-4(12)9-6-3-2-5-7(10-6)11-8(14)13-5/h2-3H,1H3,(H2,9,10,11,12,14). The quantitative estimate of drug-likeness (QED) is 0.698. The van der Waals surface area contributed by atoms with Crippen LogP contribution in [0.1, 0.15) is 6.92 Å². The number of nitrogens with one attached hydrogen (secondary N) is 1. The monoisotopic (exact) mass is 209 g/mol. The Morgan fingerprint density at radius 1 is 1.50 bits per heavy atom. The lowest BCUT2D eigenvalue weighted by molar-refractivity contribution is -0.114. The predicted octanol–water partition coefficient (Wildman–Crippen LogP) is 1.47. The zero-order valence-corrected chi connectivity index (χ0v) is 8.21. The first-order chi connectivity index (χ1) is 6.65. The van der Waals surface area contributed by atoms with Gasteiger partial charge in [0.25, 0.3) is 5.22 Å². The normalized spacial score (nSPS) is 10.4. The van der Waals surface area contributed by atoms with Crippen LogP contribution in [0.25, 0.3) is 11.2 Å². The Morgan fingerprint density at radius 2 is 2.29 bits per heavy atom. The van der Waals surface area contributed by atoms with Crippen molar-refractivity contribution in [3.05, 3.63) is 12.1 Å². The molecule has 0 aliphatic rings. The van der Waals surface area contributed by atoms with Crippen LogP contribution < -0.4 is 5.32 Å². The van der Waals surface area contributed by atoms with Crippen molar-refractivity contribution >= 4 is 35.6 Å². The van der Waals surface area contributed by atoms with Gasteiger partial charge in [-0.25, -0.2) is 4.98 Å². The summed E-state index contributed by atoms with van der Waals surface area (Å²) in [5.41, 5.74) is 0.977. The number of carbonyl (C=O) groups excluding carboxylic acids is 1. The predicted molar refractivity (Wildman–Crippen MR) is 53.4 cm³/mol. The summed E-state index contributed by atoms with van der Waals surface area (Å²) in [4.78, 5) is 18.7. The van der Waals surface area contributed by atoms with Gasteiger partial charge in [-0.15, -0.1) is 0 Å². The van der Waals surface area contributed by atoms with E-state index in [1.54, 1.807) is 12.1 Å². The minimum atomic E-state index is -0.175. The first-order valence-electron chi connectivity index (χ1n) is 3.89. The summed E-state index contributed by atoms with van der Waals surface area (Å²) in [5, 5.41) is 2.81. The van der Waals surface area contributed by atoms with Crippen LogP contribution in [0.2, 0.25) is 0 Å². The maximum atomic E-state index is 10.7. The number of thiol groups is 1. The fourth-order valence-electron chi connectivity index (χ4n) is 1.06. The molecule has 0 unspecified atom stereocenters. The highest BCUT2D eigenvalue weighted by Crippen LogP contribution is 2.17. The number of carbonyl (C=O) groups is 1. The maximum Gasteiger partial charge on any atom is 0.255 e. The van der Waals surface area contributed by atoms with Crippen LogP contribution in [-0.4, -0.2) is 15.9 Å². The van der Waals surface area contributed by atoms with E-state index in [4.69, 9.17) is 4.42 Å². The SMILES string of the molecule is CC(=O)Nc1ccc2oc(S)nc2n1. The number of pyridine rings is 1. The highest BCUT2D eigenvalue weighted by atomic mass is 32.1. The van der Waals surface area contributed by atoms with Crippen LogP contribution in [-0.2, 0) is 4.79 Å². The molecular weight excluding hydrogens is 202 g/mol. The fourth-order valence-corrected chi connectivity index (χ4v) is 1.25. The number of fused-ring (bicyclic) bond motifs is 1. The van der Waals surface area contributed by atoms with Gasteiger partial charge in [0, 0.05) is 6.92 Å². The zero-order valence-electron chi connectivity index (χ0n) is 7.31. The van der Waals surface area contributed by atoms with Gasteiger partial charge in [-0.3, -0.25) is 4.79 Å². The summed E-state index contributed by atoms with van der Waals surface area (Å²) in [7, 11) is 0. The third kappa shape index (κ3) is 1.69. The summed E-state index contributed by atoms with van der Waals surface area (Å²) in [6, 6.07) is 3.32. The van der Waals surface area contributed by atoms with E-state index in [0.717, 1.165) is 0 Å². The van der Waals surface area contributed by atoms with Crippen LogP contribution in [0.4, 0.5) is 5.82 Å². The third-order valence-electron chi connectivity index (χ3n) is 1.55. The number of rotatable bonds is 1. The molecule has 72 valence electrons. The van der Waals surface area contributed by atoms with E-state index < -0.39 is 0 Å². The second-order valence-corrected chi connectivity index (χ2v) is 3.08. The van der Waals surface area contributed by atoms with Gasteiger partial charge in [-0.05, 0) is 12.1 Å². The Kier molecular flexibility index (Phi) is 2.12. The molecule has 0 saturated heterocycles. The van der Waals surface area contributed by atoms with E-state index in [1.807, 2.05) is 0 Å². The van der Waals surface area contributed by atoms with E-state index in [9.17, 15) is 4.79 Å². The molecule has 0 atom stereocenters. The van der Waals surface area contributed by atoms with Gasteiger partial charge >= 0.3 is 0 Å². The molecular formula is C8H7N3O2S. The van der Waals surface area contributed by atoms with Crippen molar-refractivity contribution < 1.29 is 9.21 Å². The summed E-state index contributed by atoms with van der Waals surface area (Å²) in [5.74, 6) is 0.276. The molecule has 0 spiro atoms. The van der Waals surface area contributed by atoms with Crippen LogP contribution in [0.3, 0.4) is 0 Å². The summed E-state index contributed by atoms with van der Waals surface area (Å²) in [6.07, 6.45) is 0. The number of hydrogen-bond acceptors (Lipinski definition) is 5. The number of hydrogen-bond donors (Lipinski definition) is 2. The molecule has 0 aliphatic carbocycles. The molecule has 0 fully saturated rings. The molecule has 0 aromatic carbocycles. The largest absolute Gasteiger partial charge is 0.430 e. The fraction of sp³-hybridized carbons (Fsp3) is 0.125. The Morgan fingerprint density at radius 3 is 3.00 bits per heavy atom. The van der Waals surface area contributed by atoms with E-state index >= 15 is 0 Å². The topological polar surface area (TPSA) is 68.0 Å². The molecule has 2 aromatic rings. The molecule has 2 aromatic heterocycles. The zero-order chi connectivity index (χ0) is 10.1. The number of oxazole rings is 1. The van der Waals surface area contributed by atoms with E-state index in [1.165, 1.54) is 6.92 Å². The number of amides is 1. The average molecular weight is 209 g/mol. The van der Waals surface area contributed by atoms with Gasteiger partial charge in [-0.1, -0.05) is 12.6 Å². The number of nitrogens with zero attached hydrogens (tertiary/aromatic N) is 2. The molecule has 0 saturated carbocycles. The van der Waals surface area contributed by atoms with E-state index in [-0.39, 0.29) is 11.1 Å². The second kappa shape index (κ2) is 3.30. The van der Waals surface area contributed by atoms with Crippen molar-refractivity contribution in [3.63, 3.8) is 0 Å². The number of aromatic nitrogens is 2. The van der Waals surface area contributed by atoms with E-state index in [2.05, 4.69) is 27.9 Å². The van der Waals surface area contributed by atoms with Crippen LogP contribution in [0.15, 0.2) is 21.8 Å². The van der Waals surface area contributed by atoms with E-state index in [0.29, 0.717) is 17.0 Å². The summed E-state index contributed by atoms with van der Waals surface area (Å²) >= 11 is 3.94. The smallest absolute Gasteiger partial charge is 0.255 e. The molecule has 14 heavy (non-hydrogen) atoms. The molecule has 0 bridgehead atoms. The van der Waals surface area contributed by atoms with Gasteiger partial charge in [0.05, 0.1) is 0 Å². The Hall–Kier alpha value is -1.56. The molecule has 2 heterocycles. The Bertz CT molecular complexity index is 494. The first-order valence-corrected chi connectivity index (χ1v) is 4.34. The highest BCUT2D eigenvalue weighted by Gasteiger charge is 2.05. The molecule has 1 N–H and O–H groups in total. The van der Waals surface area contributed by atoms with Gasteiger partial charge in [0.15, 0.2) is 5.58 Å². The van der Waals surface area contributed by atoms with Gasteiger partial charge in [0.1, 0.15) is 5.82 Å². The second-order valence-electron chi connectivity index (χ2n) is 2.70. The molecule has 6 heteroatoms. The van der Waals surface area contributed by atoms with Gasteiger partial charge in [0.2, 0.25) is 11.6 Å². The summed E-state index contributed by atoms with van der Waals surface area (Å²) < 4.78 is 5.11. The lowest BCUT2D eigenvalue weighted by atomic mass is 10.4. The van der Waals surface area contributed by atoms with Crippen LogP contribution >= 0.6 is 12.6 Å². The number of anilines is 1. The van der Waals surface area contributed by atoms with Gasteiger partial charge < -0.3 is 9.73 Å². The van der Waals surface area contributed by atoms with Gasteiger partial charge in [-0.2, -0.15) is 4.98 Å². The minimum Gasteiger partial charge on any atom is -0.430 e. The van der Waals surface area contributed by atoms with Crippen molar-refractivity contribution in [2.24, 2.45) is 0 Å². The molecule has 2 rings (SSSR count).